The van der Waals surface area contributed by atoms with Crippen LogP contribution in [0.4, 0.5) is 5.82 Å². The standard InChI is InChI=1S/C19H22N6O/c1-19(5-6-19)26-13-2-3-15-14(8-13)18(24-23-15)16-9-17(22-11-21-16)25-7-4-12(20)10-25/h2-3,8-9,11-12H,4-7,10,20H2,1H3,(H,23,24). The predicted molar refractivity (Wildman–Crippen MR) is 100 cm³/mol. The Morgan fingerprint density at radius 2 is 2.15 bits per heavy atom. The number of aromatic nitrogens is 4. The van der Waals surface area contributed by atoms with E-state index in [4.69, 9.17) is 10.5 Å². The Morgan fingerprint density at radius 1 is 1.27 bits per heavy atom. The molecule has 0 amide bonds. The van der Waals surface area contributed by atoms with E-state index in [-0.39, 0.29) is 11.6 Å². The first-order valence-corrected chi connectivity index (χ1v) is 9.10. The molecule has 7 nitrogen and oxygen atoms in total. The van der Waals surface area contributed by atoms with Gasteiger partial charge >= 0.3 is 0 Å². The van der Waals surface area contributed by atoms with Gasteiger partial charge in [0.05, 0.1) is 11.2 Å². The van der Waals surface area contributed by atoms with Crippen LogP contribution in [0, 0.1) is 0 Å². The van der Waals surface area contributed by atoms with Crippen molar-refractivity contribution in [2.45, 2.75) is 37.8 Å². The number of nitrogens with zero attached hydrogens (tertiary/aromatic N) is 4. The summed E-state index contributed by atoms with van der Waals surface area (Å²) in [6.45, 7) is 3.90. The third kappa shape index (κ3) is 2.78. The van der Waals surface area contributed by atoms with Gasteiger partial charge in [-0.2, -0.15) is 5.10 Å². The number of nitrogens with two attached hydrogens (primary N) is 1. The van der Waals surface area contributed by atoms with Crippen molar-refractivity contribution in [3.05, 3.63) is 30.6 Å². The second kappa shape index (κ2) is 5.67. The van der Waals surface area contributed by atoms with Crippen LogP contribution in [0.5, 0.6) is 5.75 Å². The van der Waals surface area contributed by atoms with E-state index in [1.54, 1.807) is 6.33 Å². The second-order valence-electron chi connectivity index (χ2n) is 7.59. The largest absolute Gasteiger partial charge is 0.488 e. The molecule has 0 spiro atoms. The Bertz CT molecular complexity index is 964. The molecule has 7 heteroatoms. The number of hydrogen-bond donors (Lipinski definition) is 2. The summed E-state index contributed by atoms with van der Waals surface area (Å²) < 4.78 is 6.10. The van der Waals surface area contributed by atoms with Crippen molar-refractivity contribution in [3.8, 4) is 17.1 Å². The van der Waals surface area contributed by atoms with Crippen LogP contribution in [0.1, 0.15) is 26.2 Å². The van der Waals surface area contributed by atoms with Crippen LogP contribution in [0.2, 0.25) is 0 Å². The van der Waals surface area contributed by atoms with Gasteiger partial charge < -0.3 is 15.4 Å². The highest BCUT2D eigenvalue weighted by Gasteiger charge is 2.40. The number of ether oxygens (including phenoxy) is 1. The molecule has 26 heavy (non-hydrogen) atoms. The zero-order valence-electron chi connectivity index (χ0n) is 14.8. The zero-order valence-corrected chi connectivity index (χ0v) is 14.8. The first kappa shape index (κ1) is 15.6. The lowest BCUT2D eigenvalue weighted by molar-refractivity contribution is 0.200. The molecular weight excluding hydrogens is 328 g/mol. The van der Waals surface area contributed by atoms with Crippen LogP contribution in [0.3, 0.4) is 0 Å². The maximum atomic E-state index is 6.10. The third-order valence-electron chi connectivity index (χ3n) is 5.30. The molecule has 2 aliphatic rings. The number of hydrogen-bond acceptors (Lipinski definition) is 6. The molecule has 1 aromatic carbocycles. The number of aromatic amines is 1. The summed E-state index contributed by atoms with van der Waals surface area (Å²) in [5.41, 5.74) is 8.61. The van der Waals surface area contributed by atoms with Crippen molar-refractivity contribution in [3.63, 3.8) is 0 Å². The number of fused-ring (bicyclic) bond motifs is 1. The fourth-order valence-electron chi connectivity index (χ4n) is 3.46. The average molecular weight is 350 g/mol. The van der Waals surface area contributed by atoms with Gasteiger partial charge in [-0.15, -0.1) is 0 Å². The van der Waals surface area contributed by atoms with Gasteiger partial charge in [0, 0.05) is 30.6 Å². The highest BCUT2D eigenvalue weighted by Crippen LogP contribution is 2.40. The molecule has 1 unspecified atom stereocenters. The summed E-state index contributed by atoms with van der Waals surface area (Å²) in [6.07, 6.45) is 4.80. The summed E-state index contributed by atoms with van der Waals surface area (Å²) in [4.78, 5) is 11.1. The lowest BCUT2D eigenvalue weighted by atomic mass is 10.1. The van der Waals surface area contributed by atoms with E-state index in [0.29, 0.717) is 0 Å². The van der Waals surface area contributed by atoms with Crippen molar-refractivity contribution >= 4 is 16.7 Å². The molecule has 0 bridgehead atoms. The van der Waals surface area contributed by atoms with Gasteiger partial charge in [0.2, 0.25) is 0 Å². The Labute approximate surface area is 151 Å². The first-order valence-electron chi connectivity index (χ1n) is 9.10. The van der Waals surface area contributed by atoms with Crippen molar-refractivity contribution in [2.24, 2.45) is 5.73 Å². The van der Waals surface area contributed by atoms with E-state index in [1.165, 1.54) is 0 Å². The lowest BCUT2D eigenvalue weighted by Gasteiger charge is -2.16. The molecule has 3 N–H and O–H groups in total. The molecule has 2 aromatic heterocycles. The highest BCUT2D eigenvalue weighted by atomic mass is 16.5. The fourth-order valence-corrected chi connectivity index (χ4v) is 3.46. The number of anilines is 1. The Kier molecular flexibility index (Phi) is 3.40. The van der Waals surface area contributed by atoms with Crippen LogP contribution >= 0.6 is 0 Å². The number of rotatable bonds is 4. The normalized spacial score (nSPS) is 21.3. The minimum atomic E-state index is -0.00577. The van der Waals surface area contributed by atoms with Crippen LogP contribution in [-0.4, -0.2) is 44.9 Å². The monoisotopic (exact) mass is 350 g/mol. The van der Waals surface area contributed by atoms with Gasteiger partial charge in [-0.25, -0.2) is 9.97 Å². The van der Waals surface area contributed by atoms with Crippen molar-refractivity contribution in [2.75, 3.05) is 18.0 Å². The highest BCUT2D eigenvalue weighted by molar-refractivity contribution is 5.93. The molecule has 3 aromatic rings. The van der Waals surface area contributed by atoms with Crippen molar-refractivity contribution in [1.82, 2.24) is 20.2 Å². The third-order valence-corrected chi connectivity index (χ3v) is 5.30. The number of H-pyrrole nitrogens is 1. The zero-order chi connectivity index (χ0) is 17.7. The molecule has 1 saturated heterocycles. The quantitative estimate of drug-likeness (QED) is 0.751. The molecule has 0 radical (unpaired) electrons. The van der Waals surface area contributed by atoms with Crippen molar-refractivity contribution in [1.29, 1.82) is 0 Å². The van der Waals surface area contributed by atoms with E-state index >= 15 is 0 Å². The van der Waals surface area contributed by atoms with Gasteiger partial charge in [-0.05, 0) is 44.4 Å². The van der Waals surface area contributed by atoms with Crippen LogP contribution in [0.25, 0.3) is 22.3 Å². The van der Waals surface area contributed by atoms with Crippen LogP contribution in [-0.2, 0) is 0 Å². The number of benzene rings is 1. The summed E-state index contributed by atoms with van der Waals surface area (Å²) >= 11 is 0. The molecular formula is C19H22N6O. The summed E-state index contributed by atoms with van der Waals surface area (Å²) in [7, 11) is 0. The minimum Gasteiger partial charge on any atom is -0.488 e. The topological polar surface area (TPSA) is 93.0 Å². The Balaban J connectivity index is 1.51. The van der Waals surface area contributed by atoms with E-state index in [0.717, 1.165) is 66.2 Å². The second-order valence-corrected chi connectivity index (χ2v) is 7.59. The molecule has 5 rings (SSSR count). The van der Waals surface area contributed by atoms with E-state index in [1.807, 2.05) is 24.3 Å². The minimum absolute atomic E-state index is 0.00577. The molecule has 2 fully saturated rings. The Hall–Kier alpha value is -2.67. The van der Waals surface area contributed by atoms with E-state index < -0.39 is 0 Å². The summed E-state index contributed by atoms with van der Waals surface area (Å²) in [6, 6.07) is 8.25. The molecule has 1 aliphatic carbocycles. The van der Waals surface area contributed by atoms with E-state index in [2.05, 4.69) is 32.0 Å². The average Bonchev–Trinajstić information content (AvgIpc) is 3.05. The fraction of sp³-hybridized carbons (Fsp3) is 0.421. The first-order chi connectivity index (χ1) is 12.6. The predicted octanol–water partition coefficient (Wildman–Crippen LogP) is 2.49. The maximum absolute atomic E-state index is 6.10. The van der Waals surface area contributed by atoms with Gasteiger partial charge in [0.15, 0.2) is 0 Å². The molecule has 1 saturated carbocycles. The van der Waals surface area contributed by atoms with E-state index in [9.17, 15) is 0 Å². The lowest BCUT2D eigenvalue weighted by Crippen LogP contribution is -2.26. The summed E-state index contributed by atoms with van der Waals surface area (Å²) in [5, 5.41) is 8.59. The molecule has 134 valence electrons. The number of nitrogens with one attached hydrogen (secondary N) is 1. The summed E-state index contributed by atoms with van der Waals surface area (Å²) in [5.74, 6) is 1.77. The smallest absolute Gasteiger partial charge is 0.132 e. The SMILES string of the molecule is CC1(Oc2ccc3[nH]nc(-c4cc(N5CCC(N)C5)ncn4)c3c2)CC1. The maximum Gasteiger partial charge on any atom is 0.132 e. The van der Waals surface area contributed by atoms with Gasteiger partial charge in [0.1, 0.15) is 29.2 Å². The van der Waals surface area contributed by atoms with Gasteiger partial charge in [-0.1, -0.05) is 0 Å². The van der Waals surface area contributed by atoms with Gasteiger partial charge in [-0.3, -0.25) is 5.10 Å². The van der Waals surface area contributed by atoms with Crippen LogP contribution < -0.4 is 15.4 Å². The van der Waals surface area contributed by atoms with Crippen LogP contribution in [0.15, 0.2) is 30.6 Å². The van der Waals surface area contributed by atoms with Gasteiger partial charge in [0.25, 0.3) is 0 Å². The Morgan fingerprint density at radius 3 is 2.92 bits per heavy atom. The molecule has 1 atom stereocenters. The van der Waals surface area contributed by atoms with Crippen molar-refractivity contribution < 1.29 is 4.74 Å². The molecule has 1 aliphatic heterocycles. The molecule has 3 heterocycles.